The van der Waals surface area contributed by atoms with Crippen molar-refractivity contribution in [3.05, 3.63) is 99.6 Å². The predicted molar refractivity (Wildman–Crippen MR) is 134 cm³/mol. The summed E-state index contributed by atoms with van der Waals surface area (Å²) in [4.78, 5) is 27.1. The van der Waals surface area contributed by atoms with Gasteiger partial charge in [-0.25, -0.2) is 4.98 Å². The first kappa shape index (κ1) is 26.4. The fraction of sp³-hybridized carbons (Fsp3) is 0.0741. The van der Waals surface area contributed by atoms with Crippen LogP contribution in [0.3, 0.4) is 0 Å². The summed E-state index contributed by atoms with van der Waals surface area (Å²) >= 11 is 0.951. The van der Waals surface area contributed by atoms with E-state index < -0.39 is 16.7 Å². The molecule has 0 bridgehead atoms. The Hall–Kier alpha value is -4.69. The van der Waals surface area contributed by atoms with Crippen molar-refractivity contribution in [3.8, 4) is 34.2 Å². The average Bonchev–Trinajstić information content (AvgIpc) is 2.92. The fourth-order valence-corrected chi connectivity index (χ4v) is 4.59. The number of nitro groups is 1. The van der Waals surface area contributed by atoms with E-state index in [1.165, 1.54) is 31.4 Å². The molecule has 11 heteroatoms. The summed E-state index contributed by atoms with van der Waals surface area (Å²) in [5, 5.41) is 21.3. The van der Waals surface area contributed by atoms with Gasteiger partial charge in [-0.15, -0.1) is 0 Å². The first-order valence-electron chi connectivity index (χ1n) is 10.8. The number of hydrogen-bond acceptors (Lipinski definition) is 7. The summed E-state index contributed by atoms with van der Waals surface area (Å²) in [6, 6.07) is 18.7. The molecule has 4 aromatic rings. The van der Waals surface area contributed by atoms with E-state index in [1.54, 1.807) is 30.3 Å². The van der Waals surface area contributed by atoms with E-state index in [0.717, 1.165) is 30.0 Å². The Balaban J connectivity index is 1.90. The largest absolute Gasteiger partial charge is 0.497 e. The van der Waals surface area contributed by atoms with Crippen LogP contribution in [0.25, 0.3) is 22.4 Å². The molecule has 190 valence electrons. The Morgan fingerprint density at radius 2 is 1.68 bits per heavy atom. The fourth-order valence-electron chi connectivity index (χ4n) is 3.62. The third kappa shape index (κ3) is 5.50. The lowest BCUT2D eigenvalue weighted by Crippen LogP contribution is -2.04. The molecule has 0 saturated heterocycles. The van der Waals surface area contributed by atoms with Crippen LogP contribution in [0.1, 0.15) is 21.5 Å². The molecule has 3 aromatic carbocycles. The normalized spacial score (nSPS) is 11.0. The van der Waals surface area contributed by atoms with Crippen LogP contribution < -0.4 is 4.74 Å². The van der Waals surface area contributed by atoms with Gasteiger partial charge in [-0.05, 0) is 54.1 Å². The lowest BCUT2D eigenvalue weighted by molar-refractivity contribution is -0.384. The first-order chi connectivity index (χ1) is 18.1. The van der Waals surface area contributed by atoms with Gasteiger partial charge in [-0.3, -0.25) is 14.9 Å². The van der Waals surface area contributed by atoms with Crippen molar-refractivity contribution in [1.29, 1.82) is 5.26 Å². The molecule has 0 aliphatic carbocycles. The zero-order valence-electron chi connectivity index (χ0n) is 19.5. The number of halogens is 3. The van der Waals surface area contributed by atoms with Crippen molar-refractivity contribution < 1.29 is 27.6 Å². The third-order valence-corrected chi connectivity index (χ3v) is 6.63. The van der Waals surface area contributed by atoms with Crippen LogP contribution in [0.5, 0.6) is 5.75 Å². The summed E-state index contributed by atoms with van der Waals surface area (Å²) in [5.74, 6) is 0.599. The number of carbonyl (C=O) groups excluding carboxylic acids is 1. The number of non-ortho nitro benzene ring substituents is 1. The number of nitriles is 1. The number of aldehydes is 1. The van der Waals surface area contributed by atoms with E-state index in [4.69, 9.17) is 4.74 Å². The van der Waals surface area contributed by atoms with Crippen LogP contribution in [-0.2, 0) is 6.18 Å². The lowest BCUT2D eigenvalue weighted by Gasteiger charge is -2.14. The summed E-state index contributed by atoms with van der Waals surface area (Å²) in [7, 11) is 1.52. The number of aromatic nitrogens is 1. The number of hydrogen-bond donors (Lipinski definition) is 0. The standard InChI is InChI=1S/C27H16F3N3O4S/c1-37-21-9-4-17(5-10-21)24-13-22(16-2-6-19(7-3-16)27(28,29)30)23(14-31)26(32-24)38-25-11-8-20(33(35)36)12-18(25)15-34/h2-13,15H,1H3. The maximum absolute atomic E-state index is 13.1. The molecular weight excluding hydrogens is 519 g/mol. The van der Waals surface area contributed by atoms with Crippen LogP contribution >= 0.6 is 11.8 Å². The molecule has 0 amide bonds. The first-order valence-corrected chi connectivity index (χ1v) is 11.6. The monoisotopic (exact) mass is 535 g/mol. The zero-order valence-corrected chi connectivity index (χ0v) is 20.3. The Morgan fingerprint density at radius 1 is 1.03 bits per heavy atom. The molecule has 0 atom stereocenters. The van der Waals surface area contributed by atoms with E-state index in [9.17, 15) is 33.3 Å². The Morgan fingerprint density at radius 3 is 2.24 bits per heavy atom. The van der Waals surface area contributed by atoms with Crippen molar-refractivity contribution in [1.82, 2.24) is 4.98 Å². The summed E-state index contributed by atoms with van der Waals surface area (Å²) in [6.07, 6.45) is -4.06. The second-order valence-corrected chi connectivity index (χ2v) is 8.88. The number of alkyl halides is 3. The van der Waals surface area contributed by atoms with E-state index in [2.05, 4.69) is 11.1 Å². The van der Waals surface area contributed by atoms with Gasteiger partial charge in [0.05, 0.1) is 28.9 Å². The van der Waals surface area contributed by atoms with Crippen LogP contribution in [0.15, 0.2) is 82.7 Å². The molecule has 38 heavy (non-hydrogen) atoms. The maximum Gasteiger partial charge on any atom is 0.416 e. The molecule has 0 fully saturated rings. The number of carbonyl (C=O) groups is 1. The zero-order chi connectivity index (χ0) is 27.4. The second kappa shape index (κ2) is 10.7. The SMILES string of the molecule is COc1ccc(-c2cc(-c3ccc(C(F)(F)F)cc3)c(C#N)c(Sc3ccc([N+](=O)[O-])cc3C=O)n2)cc1. The van der Waals surface area contributed by atoms with Crippen molar-refractivity contribution >= 4 is 23.7 Å². The molecule has 0 aliphatic heterocycles. The van der Waals surface area contributed by atoms with Gasteiger partial charge in [0.2, 0.25) is 0 Å². The number of pyridine rings is 1. The van der Waals surface area contributed by atoms with Gasteiger partial charge in [0.25, 0.3) is 5.69 Å². The Bertz CT molecular complexity index is 1570. The minimum absolute atomic E-state index is 0.0285. The molecule has 0 aliphatic rings. The molecule has 0 spiro atoms. The number of nitro benzene ring substituents is 1. The van der Waals surface area contributed by atoms with Gasteiger partial charge in [-0.2, -0.15) is 18.4 Å². The number of ether oxygens (including phenoxy) is 1. The smallest absolute Gasteiger partial charge is 0.416 e. The van der Waals surface area contributed by atoms with Crippen LogP contribution in [-0.4, -0.2) is 23.3 Å². The number of benzene rings is 3. The van der Waals surface area contributed by atoms with Crippen molar-refractivity contribution in [2.75, 3.05) is 7.11 Å². The van der Waals surface area contributed by atoms with Crippen molar-refractivity contribution in [2.45, 2.75) is 16.1 Å². The van der Waals surface area contributed by atoms with E-state index in [0.29, 0.717) is 39.3 Å². The van der Waals surface area contributed by atoms with Gasteiger partial charge in [0.15, 0.2) is 6.29 Å². The molecule has 7 nitrogen and oxygen atoms in total. The minimum atomic E-state index is -4.52. The highest BCUT2D eigenvalue weighted by molar-refractivity contribution is 7.99. The molecule has 1 aromatic heterocycles. The van der Waals surface area contributed by atoms with E-state index >= 15 is 0 Å². The van der Waals surface area contributed by atoms with Crippen LogP contribution in [0, 0.1) is 21.4 Å². The minimum Gasteiger partial charge on any atom is -0.497 e. The highest BCUT2D eigenvalue weighted by atomic mass is 32.2. The summed E-state index contributed by atoms with van der Waals surface area (Å²) in [5.41, 5.74) is 0.737. The Kier molecular flexibility index (Phi) is 7.45. The van der Waals surface area contributed by atoms with Gasteiger partial charge in [0, 0.05) is 33.7 Å². The van der Waals surface area contributed by atoms with Gasteiger partial charge < -0.3 is 4.74 Å². The summed E-state index contributed by atoms with van der Waals surface area (Å²) < 4.78 is 44.6. The highest BCUT2D eigenvalue weighted by Gasteiger charge is 2.30. The van der Waals surface area contributed by atoms with E-state index in [1.807, 2.05) is 0 Å². The predicted octanol–water partition coefficient (Wildman–Crippen LogP) is 7.19. The quantitative estimate of drug-likeness (QED) is 0.140. The molecule has 0 radical (unpaired) electrons. The van der Waals surface area contributed by atoms with Crippen LogP contribution in [0.4, 0.5) is 18.9 Å². The average molecular weight is 536 g/mol. The van der Waals surface area contributed by atoms with Crippen molar-refractivity contribution in [2.24, 2.45) is 0 Å². The number of methoxy groups -OCH3 is 1. The van der Waals surface area contributed by atoms with Gasteiger partial charge >= 0.3 is 6.18 Å². The lowest BCUT2D eigenvalue weighted by atomic mass is 9.98. The molecule has 0 saturated carbocycles. The maximum atomic E-state index is 13.1. The topological polar surface area (TPSA) is 106 Å². The highest BCUT2D eigenvalue weighted by Crippen LogP contribution is 2.39. The second-order valence-electron chi connectivity index (χ2n) is 7.85. The molecule has 0 N–H and O–H groups in total. The third-order valence-electron chi connectivity index (χ3n) is 5.54. The molecule has 4 rings (SSSR count). The van der Waals surface area contributed by atoms with Gasteiger partial charge in [-0.1, -0.05) is 23.9 Å². The Labute approximate surface area is 218 Å². The molecule has 0 unspecified atom stereocenters. The summed E-state index contributed by atoms with van der Waals surface area (Å²) in [6.45, 7) is 0. The molecule has 1 heterocycles. The van der Waals surface area contributed by atoms with Gasteiger partial charge in [0.1, 0.15) is 16.8 Å². The number of rotatable bonds is 7. The molecular formula is C27H16F3N3O4S. The van der Waals surface area contributed by atoms with Crippen LogP contribution in [0.2, 0.25) is 0 Å². The number of nitrogens with zero attached hydrogens (tertiary/aromatic N) is 3. The van der Waals surface area contributed by atoms with E-state index in [-0.39, 0.29) is 21.8 Å². The van der Waals surface area contributed by atoms with Crippen molar-refractivity contribution in [3.63, 3.8) is 0 Å².